The molecule has 1 aromatic rings. The molecular weight excluding hydrogens is 224 g/mol. The molecule has 1 saturated heterocycles. The van der Waals surface area contributed by atoms with E-state index < -0.39 is 11.2 Å². The van der Waals surface area contributed by atoms with E-state index in [-0.39, 0.29) is 18.0 Å². The Morgan fingerprint density at radius 1 is 1.41 bits per heavy atom. The van der Waals surface area contributed by atoms with E-state index in [2.05, 4.69) is 10.4 Å². The van der Waals surface area contributed by atoms with Gasteiger partial charge in [0.2, 0.25) is 5.82 Å². The number of anilines is 1. The molecule has 2 unspecified atom stereocenters. The van der Waals surface area contributed by atoms with E-state index in [4.69, 9.17) is 4.74 Å². The first-order valence-electron chi connectivity index (χ1n) is 5.53. The Kier molecular flexibility index (Phi) is 3.01. The fourth-order valence-electron chi connectivity index (χ4n) is 1.89. The van der Waals surface area contributed by atoms with E-state index in [1.54, 1.807) is 0 Å². The van der Waals surface area contributed by atoms with Crippen molar-refractivity contribution in [1.82, 2.24) is 14.3 Å². The van der Waals surface area contributed by atoms with Gasteiger partial charge in [-0.05, 0) is 13.3 Å². The summed E-state index contributed by atoms with van der Waals surface area (Å²) in [4.78, 5) is 23.3. The zero-order chi connectivity index (χ0) is 12.6. The van der Waals surface area contributed by atoms with E-state index in [9.17, 15) is 9.59 Å². The first-order valence-corrected chi connectivity index (χ1v) is 5.53. The highest BCUT2D eigenvalue weighted by atomic mass is 16.5. The van der Waals surface area contributed by atoms with Crippen LogP contribution in [0.2, 0.25) is 0 Å². The molecule has 0 radical (unpaired) electrons. The number of hydrogen-bond donors (Lipinski definition) is 1. The number of hydrogen-bond acceptors (Lipinski definition) is 5. The lowest BCUT2D eigenvalue weighted by Gasteiger charge is -2.16. The van der Waals surface area contributed by atoms with Crippen LogP contribution in [0, 0.1) is 0 Å². The summed E-state index contributed by atoms with van der Waals surface area (Å²) >= 11 is 0. The summed E-state index contributed by atoms with van der Waals surface area (Å²) in [6.07, 6.45) is 0.869. The van der Waals surface area contributed by atoms with Crippen LogP contribution in [0.25, 0.3) is 0 Å². The molecular formula is C10H16N4O3. The number of aryl methyl sites for hydroxylation is 1. The predicted octanol–water partition coefficient (Wildman–Crippen LogP) is -0.932. The van der Waals surface area contributed by atoms with Crippen LogP contribution in [0.4, 0.5) is 5.82 Å². The average molecular weight is 240 g/mol. The van der Waals surface area contributed by atoms with Gasteiger partial charge in [-0.15, -0.1) is 5.10 Å². The van der Waals surface area contributed by atoms with Crippen LogP contribution >= 0.6 is 0 Å². The molecule has 2 heterocycles. The van der Waals surface area contributed by atoms with Gasteiger partial charge in [0.15, 0.2) is 0 Å². The van der Waals surface area contributed by atoms with E-state index in [0.29, 0.717) is 6.61 Å². The highest BCUT2D eigenvalue weighted by Crippen LogP contribution is 2.15. The number of aromatic nitrogens is 3. The summed E-state index contributed by atoms with van der Waals surface area (Å²) in [5.41, 5.74) is -0.844. The molecule has 0 aliphatic carbocycles. The van der Waals surface area contributed by atoms with Gasteiger partial charge in [0.1, 0.15) is 0 Å². The summed E-state index contributed by atoms with van der Waals surface area (Å²) in [5, 5.41) is 6.97. The molecule has 0 spiro atoms. The average Bonchev–Trinajstić information content (AvgIpc) is 2.69. The van der Waals surface area contributed by atoms with Crippen molar-refractivity contribution in [2.45, 2.75) is 25.5 Å². The second-order valence-electron chi connectivity index (χ2n) is 4.23. The van der Waals surface area contributed by atoms with Gasteiger partial charge < -0.3 is 10.1 Å². The van der Waals surface area contributed by atoms with Gasteiger partial charge in [-0.1, -0.05) is 0 Å². The maximum Gasteiger partial charge on any atom is 0.346 e. The van der Waals surface area contributed by atoms with Gasteiger partial charge in [0, 0.05) is 20.7 Å². The van der Waals surface area contributed by atoms with Gasteiger partial charge in [-0.3, -0.25) is 9.36 Å². The molecule has 1 N–H and O–H groups in total. The molecule has 1 aliphatic heterocycles. The summed E-state index contributed by atoms with van der Waals surface area (Å²) in [6.45, 7) is 2.61. The zero-order valence-corrected chi connectivity index (χ0v) is 10.1. The second kappa shape index (κ2) is 4.33. The third kappa shape index (κ3) is 2.10. The van der Waals surface area contributed by atoms with Gasteiger partial charge in [0.05, 0.1) is 12.1 Å². The minimum Gasteiger partial charge on any atom is -0.376 e. The van der Waals surface area contributed by atoms with Crippen LogP contribution < -0.4 is 16.6 Å². The molecule has 2 atom stereocenters. The molecule has 17 heavy (non-hydrogen) atoms. The maximum absolute atomic E-state index is 11.8. The van der Waals surface area contributed by atoms with Crippen molar-refractivity contribution in [3.05, 3.63) is 20.8 Å². The van der Waals surface area contributed by atoms with Crippen molar-refractivity contribution in [2.75, 3.05) is 11.9 Å². The Bertz CT molecular complexity index is 533. The molecule has 1 aliphatic rings. The van der Waals surface area contributed by atoms with Crippen molar-refractivity contribution in [3.8, 4) is 0 Å². The number of ether oxygens (including phenoxy) is 1. The van der Waals surface area contributed by atoms with Gasteiger partial charge in [-0.25, -0.2) is 9.48 Å². The minimum absolute atomic E-state index is 0.0405. The standard InChI is InChI=1S/C10H16N4O3/c1-6-7(4-5-17-6)11-8-9(15)13(2)10(16)14(3)12-8/h6-7H,4-5H2,1-3H3,(H,11,12). The summed E-state index contributed by atoms with van der Waals surface area (Å²) in [7, 11) is 2.95. The van der Waals surface area contributed by atoms with Crippen LogP contribution in [0.15, 0.2) is 9.59 Å². The van der Waals surface area contributed by atoms with E-state index in [1.807, 2.05) is 6.92 Å². The van der Waals surface area contributed by atoms with Crippen molar-refractivity contribution < 1.29 is 4.74 Å². The maximum atomic E-state index is 11.8. The topological polar surface area (TPSA) is 78.2 Å². The summed E-state index contributed by atoms with van der Waals surface area (Å²) < 4.78 is 7.57. The molecule has 2 rings (SSSR count). The number of rotatable bonds is 2. The fourth-order valence-corrected chi connectivity index (χ4v) is 1.89. The molecule has 0 saturated carbocycles. The van der Waals surface area contributed by atoms with Crippen molar-refractivity contribution in [1.29, 1.82) is 0 Å². The summed E-state index contributed by atoms with van der Waals surface area (Å²) in [6, 6.07) is 0.0627. The quantitative estimate of drug-likeness (QED) is 0.722. The fraction of sp³-hybridized carbons (Fsp3) is 0.700. The Morgan fingerprint density at radius 3 is 2.71 bits per heavy atom. The van der Waals surface area contributed by atoms with Gasteiger partial charge >= 0.3 is 5.69 Å². The number of nitrogens with zero attached hydrogens (tertiary/aromatic N) is 3. The molecule has 7 heteroatoms. The molecule has 0 amide bonds. The van der Waals surface area contributed by atoms with Crippen molar-refractivity contribution >= 4 is 5.82 Å². The summed E-state index contributed by atoms with van der Waals surface area (Å²) in [5.74, 6) is 0.192. The van der Waals surface area contributed by atoms with E-state index in [1.165, 1.54) is 14.1 Å². The molecule has 7 nitrogen and oxygen atoms in total. The SMILES string of the molecule is CC1OCCC1Nc1nn(C)c(=O)n(C)c1=O. The Labute approximate surface area is 98.0 Å². The minimum atomic E-state index is -0.434. The van der Waals surface area contributed by atoms with Gasteiger partial charge in [-0.2, -0.15) is 0 Å². The van der Waals surface area contributed by atoms with Gasteiger partial charge in [0.25, 0.3) is 5.56 Å². The van der Waals surface area contributed by atoms with Crippen LogP contribution in [-0.2, 0) is 18.8 Å². The smallest absolute Gasteiger partial charge is 0.346 e. The Balaban J connectivity index is 2.34. The van der Waals surface area contributed by atoms with Crippen LogP contribution in [0.3, 0.4) is 0 Å². The highest BCUT2D eigenvalue weighted by Gasteiger charge is 2.25. The lowest BCUT2D eigenvalue weighted by atomic mass is 10.1. The van der Waals surface area contributed by atoms with Crippen molar-refractivity contribution in [2.24, 2.45) is 14.1 Å². The highest BCUT2D eigenvalue weighted by molar-refractivity contribution is 5.31. The zero-order valence-electron chi connectivity index (χ0n) is 10.1. The molecule has 0 bridgehead atoms. The molecule has 1 fully saturated rings. The molecule has 94 valence electrons. The first-order chi connectivity index (χ1) is 8.00. The molecule has 0 aromatic carbocycles. The van der Waals surface area contributed by atoms with E-state index in [0.717, 1.165) is 15.7 Å². The van der Waals surface area contributed by atoms with Crippen molar-refractivity contribution in [3.63, 3.8) is 0 Å². The van der Waals surface area contributed by atoms with E-state index >= 15 is 0 Å². The van der Waals surface area contributed by atoms with Crippen LogP contribution in [0.5, 0.6) is 0 Å². The third-order valence-corrected chi connectivity index (χ3v) is 3.02. The number of nitrogens with one attached hydrogen (secondary N) is 1. The van der Waals surface area contributed by atoms with Crippen LogP contribution in [-0.4, -0.2) is 33.1 Å². The molecule has 1 aromatic heterocycles. The van der Waals surface area contributed by atoms with Crippen LogP contribution in [0.1, 0.15) is 13.3 Å². The largest absolute Gasteiger partial charge is 0.376 e. The lowest BCUT2D eigenvalue weighted by molar-refractivity contribution is 0.121. The monoisotopic (exact) mass is 240 g/mol. The normalized spacial score (nSPS) is 23.9. The lowest BCUT2D eigenvalue weighted by Crippen LogP contribution is -2.42. The second-order valence-corrected chi connectivity index (χ2v) is 4.23. The first kappa shape index (κ1) is 11.8. The Morgan fingerprint density at radius 2 is 2.12 bits per heavy atom. The Hall–Kier alpha value is -1.63. The predicted molar refractivity (Wildman–Crippen MR) is 62.2 cm³/mol. The third-order valence-electron chi connectivity index (χ3n) is 3.02.